The second kappa shape index (κ2) is 19.7. The number of carboxylic acid groups (broad SMARTS) is 5. The number of rotatable bonds is 16. The molecule has 1 fully saturated rings. The van der Waals surface area contributed by atoms with E-state index in [1.54, 1.807) is 19.6 Å². The van der Waals surface area contributed by atoms with Gasteiger partial charge in [-0.15, -0.1) is 0 Å². The number of benzene rings is 1. The number of hydrogen-bond donors (Lipinski definition) is 7. The van der Waals surface area contributed by atoms with Crippen molar-refractivity contribution in [1.29, 1.82) is 0 Å². The summed E-state index contributed by atoms with van der Waals surface area (Å²) in [5, 5.41) is 51.1. The average molecular weight is 668 g/mol. The highest BCUT2D eigenvalue weighted by Gasteiger charge is 2.21. The van der Waals surface area contributed by atoms with Gasteiger partial charge in [0.25, 0.3) is 0 Å². The van der Waals surface area contributed by atoms with Crippen molar-refractivity contribution in [3.63, 3.8) is 0 Å². The van der Waals surface area contributed by atoms with Crippen molar-refractivity contribution < 1.29 is 59.1 Å². The summed E-state index contributed by atoms with van der Waals surface area (Å²) in [6.07, 6.45) is 0. The van der Waals surface area contributed by atoms with Crippen LogP contribution in [-0.4, -0.2) is 190 Å². The predicted molar refractivity (Wildman–Crippen MR) is 164 cm³/mol. The minimum atomic E-state index is -1.29. The lowest BCUT2D eigenvalue weighted by Crippen LogP contribution is -2.49. The molecule has 47 heavy (non-hydrogen) atoms. The molecule has 19 heteroatoms. The van der Waals surface area contributed by atoms with Crippen molar-refractivity contribution in [2.24, 2.45) is 0 Å². The summed E-state index contributed by atoms with van der Waals surface area (Å²) in [7, 11) is 0. The molecule has 1 aliphatic heterocycles. The maximum absolute atomic E-state index is 13.0. The summed E-state index contributed by atoms with van der Waals surface area (Å²) in [6.45, 7) is -0.650. The average Bonchev–Trinajstić information content (AvgIpc) is 2.94. The highest BCUT2D eigenvalue weighted by molar-refractivity contribution is 5.94. The molecule has 7 N–H and O–H groups in total. The topological polar surface area (TPSA) is 261 Å². The molecule has 0 aromatic heterocycles. The number of nitrogens with zero attached hydrogens (tertiary/aromatic N) is 5. The Balaban J connectivity index is 2.04. The second-order valence-electron chi connectivity index (χ2n) is 10.9. The fourth-order valence-electron chi connectivity index (χ4n) is 4.78. The van der Waals surface area contributed by atoms with Crippen LogP contribution < -0.4 is 10.6 Å². The van der Waals surface area contributed by atoms with Gasteiger partial charge in [-0.05, 0) is 24.3 Å². The molecular formula is C28H41N7O12. The predicted octanol–water partition coefficient (Wildman–Crippen LogP) is -2.49. The van der Waals surface area contributed by atoms with Crippen LogP contribution in [0.4, 0.5) is 11.4 Å². The minimum Gasteiger partial charge on any atom is -0.480 e. The van der Waals surface area contributed by atoms with Crippen molar-refractivity contribution in [3.8, 4) is 0 Å². The first-order valence-corrected chi connectivity index (χ1v) is 14.6. The lowest BCUT2D eigenvalue weighted by atomic mass is 10.2. The molecule has 1 heterocycles. The molecule has 0 bridgehead atoms. The van der Waals surface area contributed by atoms with Gasteiger partial charge in [0.05, 0.1) is 45.8 Å². The van der Waals surface area contributed by atoms with Gasteiger partial charge in [-0.25, -0.2) is 0 Å². The molecule has 260 valence electrons. The van der Waals surface area contributed by atoms with E-state index < -0.39 is 61.3 Å². The summed E-state index contributed by atoms with van der Waals surface area (Å²) in [6, 6.07) is 6.01. The fraction of sp³-hybridized carbons (Fsp3) is 0.536. The summed E-state index contributed by atoms with van der Waals surface area (Å²) in [4.78, 5) is 89.1. The molecule has 0 aliphatic carbocycles. The van der Waals surface area contributed by atoms with Crippen molar-refractivity contribution in [1.82, 2.24) is 24.5 Å². The van der Waals surface area contributed by atoms with Crippen LogP contribution in [0.15, 0.2) is 24.3 Å². The molecular weight excluding hydrogens is 626 g/mol. The van der Waals surface area contributed by atoms with Gasteiger partial charge in [0.1, 0.15) is 0 Å². The van der Waals surface area contributed by atoms with Crippen LogP contribution in [0, 0.1) is 0 Å². The summed E-state index contributed by atoms with van der Waals surface area (Å²) in [5.74, 6) is -6.79. The minimum absolute atomic E-state index is 0.103. The van der Waals surface area contributed by atoms with E-state index in [-0.39, 0.29) is 78.5 Å². The van der Waals surface area contributed by atoms with Crippen LogP contribution in [0.25, 0.3) is 0 Å². The van der Waals surface area contributed by atoms with E-state index in [0.717, 1.165) is 4.90 Å². The molecule has 19 nitrogen and oxygen atoms in total. The molecule has 0 spiro atoms. The molecule has 0 radical (unpaired) electrons. The van der Waals surface area contributed by atoms with Crippen LogP contribution in [0.5, 0.6) is 0 Å². The number of hydrogen-bond acceptors (Lipinski definition) is 12. The van der Waals surface area contributed by atoms with Gasteiger partial charge in [0.2, 0.25) is 11.8 Å². The van der Waals surface area contributed by atoms with Crippen LogP contribution >= 0.6 is 0 Å². The van der Waals surface area contributed by atoms with Crippen molar-refractivity contribution >= 4 is 53.0 Å². The Bertz CT molecular complexity index is 1210. The maximum Gasteiger partial charge on any atom is 0.317 e. The first-order chi connectivity index (χ1) is 22.2. The molecule has 0 atom stereocenters. The standard InChI is InChI=1S/C28H41N7O12/c36-22(29-20-1-3-21(4-2-20)30-23(37)14-35(18-27(44)45)19-28(46)47)13-31-5-7-32(15-24(38)39)9-11-34(17-26(42)43)12-10-33(8-6-31)16-25(40)41/h1-4H,5-19H2,(H,29,36)(H,30,37)(H,38,39)(H,40,41)(H,42,43)(H,44,45)(H,46,47). The van der Waals surface area contributed by atoms with E-state index in [2.05, 4.69) is 10.6 Å². The smallest absolute Gasteiger partial charge is 0.317 e. The highest BCUT2D eigenvalue weighted by atomic mass is 16.4. The monoisotopic (exact) mass is 667 g/mol. The van der Waals surface area contributed by atoms with E-state index in [4.69, 9.17) is 10.2 Å². The number of anilines is 2. The van der Waals surface area contributed by atoms with Crippen LogP contribution in [-0.2, 0) is 33.6 Å². The Morgan fingerprint density at radius 1 is 0.468 bits per heavy atom. The van der Waals surface area contributed by atoms with Crippen LogP contribution in [0.2, 0.25) is 0 Å². The lowest BCUT2D eigenvalue weighted by molar-refractivity contribution is -0.143. The zero-order valence-electron chi connectivity index (χ0n) is 25.7. The van der Waals surface area contributed by atoms with E-state index in [1.807, 2.05) is 0 Å². The summed E-state index contributed by atoms with van der Waals surface area (Å²) in [5.41, 5.74) is 0.708. The first kappa shape index (κ1) is 38.5. The number of aliphatic carboxylic acids is 5. The first-order valence-electron chi connectivity index (χ1n) is 14.6. The lowest BCUT2D eigenvalue weighted by Gasteiger charge is -2.32. The van der Waals surface area contributed by atoms with E-state index >= 15 is 0 Å². The third kappa shape index (κ3) is 17.0. The van der Waals surface area contributed by atoms with Crippen LogP contribution in [0.3, 0.4) is 0 Å². The number of nitrogens with one attached hydrogen (secondary N) is 2. The second-order valence-corrected chi connectivity index (χ2v) is 10.9. The zero-order valence-corrected chi connectivity index (χ0v) is 25.7. The number of amides is 2. The highest BCUT2D eigenvalue weighted by Crippen LogP contribution is 2.14. The molecule has 0 saturated carbocycles. The van der Waals surface area contributed by atoms with Crippen molar-refractivity contribution in [2.45, 2.75) is 0 Å². The Morgan fingerprint density at radius 3 is 1.06 bits per heavy atom. The molecule has 1 aromatic carbocycles. The SMILES string of the molecule is O=C(O)CN1CCN(CC(=O)O)CCN(CC(=O)Nc2ccc(NC(=O)CN(CC(=O)O)CC(=O)O)cc2)CCN(CC(=O)O)CC1. The number of carbonyl (C=O) groups excluding carboxylic acids is 2. The third-order valence-corrected chi connectivity index (χ3v) is 6.91. The normalized spacial score (nSPS) is 16.0. The van der Waals surface area contributed by atoms with E-state index in [9.17, 15) is 48.9 Å². The molecule has 1 aromatic rings. The van der Waals surface area contributed by atoms with Gasteiger partial charge in [-0.1, -0.05) is 0 Å². The quantitative estimate of drug-likeness (QED) is 0.0961. The van der Waals surface area contributed by atoms with Gasteiger partial charge in [-0.2, -0.15) is 0 Å². The Kier molecular flexibility index (Phi) is 16.2. The van der Waals surface area contributed by atoms with E-state index in [0.29, 0.717) is 11.4 Å². The van der Waals surface area contributed by atoms with Gasteiger partial charge < -0.3 is 36.2 Å². The Hall–Kier alpha value is -4.69. The molecule has 1 aliphatic rings. The third-order valence-electron chi connectivity index (χ3n) is 6.91. The Morgan fingerprint density at radius 2 is 0.766 bits per heavy atom. The van der Waals surface area contributed by atoms with Gasteiger partial charge in [-0.3, -0.25) is 58.1 Å². The molecule has 2 amide bonds. The van der Waals surface area contributed by atoms with Gasteiger partial charge in [0.15, 0.2) is 0 Å². The van der Waals surface area contributed by atoms with Gasteiger partial charge >= 0.3 is 29.8 Å². The van der Waals surface area contributed by atoms with Crippen LogP contribution in [0.1, 0.15) is 0 Å². The molecule has 1 saturated heterocycles. The zero-order chi connectivity index (χ0) is 34.9. The summed E-state index contributed by atoms with van der Waals surface area (Å²) >= 11 is 0. The van der Waals surface area contributed by atoms with Crippen molar-refractivity contribution in [2.75, 3.05) is 109 Å². The molecule has 0 unspecified atom stereocenters. The summed E-state index contributed by atoms with van der Waals surface area (Å²) < 4.78 is 0. The maximum atomic E-state index is 13.0. The Labute approximate surface area is 269 Å². The number of carbonyl (C=O) groups is 7. The largest absolute Gasteiger partial charge is 0.480 e. The molecule has 2 rings (SSSR count). The fourth-order valence-corrected chi connectivity index (χ4v) is 4.78. The van der Waals surface area contributed by atoms with E-state index in [1.165, 1.54) is 24.3 Å². The number of carboxylic acids is 5. The van der Waals surface area contributed by atoms with Crippen molar-refractivity contribution in [3.05, 3.63) is 24.3 Å². The van der Waals surface area contributed by atoms with Gasteiger partial charge in [0, 0.05) is 63.7 Å².